The summed E-state index contributed by atoms with van der Waals surface area (Å²) >= 11 is 6.37. The van der Waals surface area contributed by atoms with Crippen molar-refractivity contribution in [2.24, 2.45) is 0 Å². The third-order valence-corrected chi connectivity index (χ3v) is 5.42. The van der Waals surface area contributed by atoms with Crippen LogP contribution in [0.15, 0.2) is 36.5 Å². The van der Waals surface area contributed by atoms with Crippen molar-refractivity contribution in [1.82, 2.24) is 9.88 Å². The zero-order valence-electron chi connectivity index (χ0n) is 18.4. The molecule has 0 atom stereocenters. The summed E-state index contributed by atoms with van der Waals surface area (Å²) in [7, 11) is 1.56. The highest BCUT2D eigenvalue weighted by Crippen LogP contribution is 2.36. The summed E-state index contributed by atoms with van der Waals surface area (Å²) in [6, 6.07) is 9.26. The molecule has 0 saturated carbocycles. The average Bonchev–Trinajstić information content (AvgIpc) is 3.07. The van der Waals surface area contributed by atoms with Gasteiger partial charge in [0, 0.05) is 38.5 Å². The minimum atomic E-state index is -0.0743. The van der Waals surface area contributed by atoms with E-state index in [2.05, 4.69) is 16.0 Å². The maximum atomic E-state index is 12.8. The van der Waals surface area contributed by atoms with E-state index < -0.39 is 0 Å². The molecule has 0 bridgehead atoms. The van der Waals surface area contributed by atoms with E-state index in [1.54, 1.807) is 49.7 Å². The second kappa shape index (κ2) is 11.4. The van der Waals surface area contributed by atoms with Crippen molar-refractivity contribution in [2.45, 2.75) is 19.8 Å². The number of carbonyl (C=O) groups excluding carboxylic acids is 1. The molecule has 1 aliphatic heterocycles. The van der Waals surface area contributed by atoms with E-state index >= 15 is 0 Å². The van der Waals surface area contributed by atoms with Crippen LogP contribution in [0.3, 0.4) is 0 Å². The molecule has 8 heteroatoms. The van der Waals surface area contributed by atoms with Gasteiger partial charge in [-0.05, 0) is 48.7 Å². The predicted octanol–water partition coefficient (Wildman–Crippen LogP) is 4.16. The Balaban J connectivity index is 1.67. The monoisotopic (exact) mass is 454 g/mol. The normalized spacial score (nSPS) is 14.2. The van der Waals surface area contributed by atoms with Crippen LogP contribution in [0.4, 0.5) is 5.82 Å². The number of hydrogen-bond donors (Lipinski definition) is 0. The number of hydrogen-bond acceptors (Lipinski definition) is 6. The number of rotatable bonds is 7. The molecular weight excluding hydrogens is 428 g/mol. The molecule has 1 aromatic carbocycles. The Bertz CT molecular complexity index is 1020. The van der Waals surface area contributed by atoms with E-state index in [1.165, 1.54) is 0 Å². The van der Waals surface area contributed by atoms with E-state index in [-0.39, 0.29) is 5.91 Å². The first-order chi connectivity index (χ1) is 15.6. The Morgan fingerprint density at radius 2 is 2.16 bits per heavy atom. The lowest BCUT2D eigenvalue weighted by Gasteiger charge is -2.23. The van der Waals surface area contributed by atoms with Crippen molar-refractivity contribution >= 4 is 29.4 Å². The average molecular weight is 455 g/mol. The predicted molar refractivity (Wildman–Crippen MR) is 125 cm³/mol. The number of methoxy groups -OCH3 is 1. The van der Waals surface area contributed by atoms with Crippen LogP contribution >= 0.6 is 11.6 Å². The Labute approximate surface area is 193 Å². The van der Waals surface area contributed by atoms with Gasteiger partial charge in [-0.1, -0.05) is 18.5 Å². The minimum Gasteiger partial charge on any atom is -0.493 e. The fourth-order valence-electron chi connectivity index (χ4n) is 3.54. The number of amides is 1. The van der Waals surface area contributed by atoms with Crippen LogP contribution in [-0.4, -0.2) is 55.7 Å². The number of anilines is 1. The largest absolute Gasteiger partial charge is 0.493 e. The molecule has 0 radical (unpaired) electrons. The van der Waals surface area contributed by atoms with Gasteiger partial charge >= 0.3 is 0 Å². The number of ether oxygens (including phenoxy) is 2. The molecule has 0 N–H and O–H groups in total. The summed E-state index contributed by atoms with van der Waals surface area (Å²) in [6.45, 7) is 5.12. The first-order valence-electron chi connectivity index (χ1n) is 10.6. The van der Waals surface area contributed by atoms with Crippen LogP contribution in [0.5, 0.6) is 11.5 Å². The Kier molecular flexibility index (Phi) is 8.34. The molecule has 2 heterocycles. The summed E-state index contributed by atoms with van der Waals surface area (Å²) in [5.74, 6) is 1.65. The molecule has 2 aromatic rings. The third kappa shape index (κ3) is 5.71. The van der Waals surface area contributed by atoms with Gasteiger partial charge in [0.05, 0.1) is 24.3 Å². The molecule has 3 rings (SSSR count). The number of nitriles is 1. The molecule has 32 heavy (non-hydrogen) atoms. The maximum Gasteiger partial charge on any atom is 0.246 e. The van der Waals surface area contributed by atoms with Gasteiger partial charge in [0.15, 0.2) is 11.5 Å². The number of benzene rings is 1. The van der Waals surface area contributed by atoms with Crippen molar-refractivity contribution < 1.29 is 14.3 Å². The molecule has 0 aliphatic carbocycles. The number of nitrogens with zero attached hydrogens (tertiary/aromatic N) is 4. The number of pyridine rings is 1. The molecule has 1 fully saturated rings. The zero-order chi connectivity index (χ0) is 22.9. The highest BCUT2D eigenvalue weighted by Gasteiger charge is 2.20. The van der Waals surface area contributed by atoms with Crippen molar-refractivity contribution in [3.8, 4) is 17.6 Å². The maximum absolute atomic E-state index is 12.8. The third-order valence-electron chi connectivity index (χ3n) is 5.13. The van der Waals surface area contributed by atoms with Gasteiger partial charge in [-0.2, -0.15) is 5.26 Å². The summed E-state index contributed by atoms with van der Waals surface area (Å²) < 4.78 is 11.1. The molecular formula is C24H27ClN4O3. The molecule has 1 aliphatic rings. The van der Waals surface area contributed by atoms with Crippen molar-refractivity contribution in [3.05, 3.63) is 52.7 Å². The minimum absolute atomic E-state index is 0.0743. The Hall–Kier alpha value is -3.24. The van der Waals surface area contributed by atoms with Crippen LogP contribution in [0.2, 0.25) is 5.02 Å². The van der Waals surface area contributed by atoms with E-state index in [0.717, 1.165) is 24.9 Å². The number of aromatic nitrogens is 1. The second-order valence-electron chi connectivity index (χ2n) is 7.37. The lowest BCUT2D eigenvalue weighted by Crippen LogP contribution is -2.34. The fraction of sp³-hybridized carbons (Fsp3) is 0.375. The first-order valence-corrected chi connectivity index (χ1v) is 11.0. The lowest BCUT2D eigenvalue weighted by atomic mass is 10.1. The quantitative estimate of drug-likeness (QED) is 0.584. The molecule has 168 valence electrons. The van der Waals surface area contributed by atoms with Crippen molar-refractivity contribution in [1.29, 1.82) is 5.26 Å². The molecule has 1 aromatic heterocycles. The van der Waals surface area contributed by atoms with Gasteiger partial charge in [-0.25, -0.2) is 4.98 Å². The Morgan fingerprint density at radius 1 is 1.31 bits per heavy atom. The smallest absolute Gasteiger partial charge is 0.246 e. The summed E-state index contributed by atoms with van der Waals surface area (Å²) in [5, 5.41) is 9.78. The van der Waals surface area contributed by atoms with E-state index in [1.807, 2.05) is 11.8 Å². The van der Waals surface area contributed by atoms with Gasteiger partial charge in [-0.15, -0.1) is 0 Å². The van der Waals surface area contributed by atoms with E-state index in [4.69, 9.17) is 21.1 Å². The van der Waals surface area contributed by atoms with Gasteiger partial charge in [-0.3, -0.25) is 4.79 Å². The second-order valence-corrected chi connectivity index (χ2v) is 7.78. The highest BCUT2D eigenvalue weighted by atomic mass is 35.5. The molecule has 0 spiro atoms. The van der Waals surface area contributed by atoms with Crippen LogP contribution in [0.25, 0.3) is 6.08 Å². The number of carbonyl (C=O) groups is 1. The number of halogens is 1. The standard InChI is InChI=1S/C24H27ClN4O3/c1-3-14-32-23-20(25)15-18(16-21(23)31-2)7-8-22(30)28-10-5-11-29(13-12-28)24-19(17-26)6-4-9-27-24/h4,6-9,15-16H,3,5,10-14H2,1-2H3/b8-7+. The van der Waals surface area contributed by atoms with E-state index in [9.17, 15) is 10.1 Å². The van der Waals surface area contributed by atoms with Crippen molar-refractivity contribution in [2.75, 3.05) is 44.8 Å². The van der Waals surface area contributed by atoms with Crippen LogP contribution in [0.1, 0.15) is 30.9 Å². The molecule has 1 saturated heterocycles. The fourth-order valence-corrected chi connectivity index (χ4v) is 3.81. The van der Waals surface area contributed by atoms with Gasteiger partial charge in [0.25, 0.3) is 0 Å². The SMILES string of the molecule is CCCOc1c(Cl)cc(/C=C/C(=O)N2CCCN(c3ncccc3C#N)CC2)cc1OC. The highest BCUT2D eigenvalue weighted by molar-refractivity contribution is 6.32. The topological polar surface area (TPSA) is 78.7 Å². The molecule has 0 unspecified atom stereocenters. The van der Waals surface area contributed by atoms with Crippen LogP contribution in [0, 0.1) is 11.3 Å². The summed E-state index contributed by atoms with van der Waals surface area (Å²) in [6.07, 6.45) is 6.63. The van der Waals surface area contributed by atoms with Gasteiger partial charge in [0.1, 0.15) is 11.9 Å². The van der Waals surface area contributed by atoms with Gasteiger partial charge < -0.3 is 19.3 Å². The summed E-state index contributed by atoms with van der Waals surface area (Å²) in [5.41, 5.74) is 1.30. The molecule has 7 nitrogen and oxygen atoms in total. The van der Waals surface area contributed by atoms with Crippen molar-refractivity contribution in [3.63, 3.8) is 0 Å². The lowest BCUT2D eigenvalue weighted by molar-refractivity contribution is -0.125. The van der Waals surface area contributed by atoms with E-state index in [0.29, 0.717) is 54.1 Å². The summed E-state index contributed by atoms with van der Waals surface area (Å²) in [4.78, 5) is 21.0. The first kappa shape index (κ1) is 23.4. The Morgan fingerprint density at radius 3 is 2.91 bits per heavy atom. The van der Waals surface area contributed by atoms with Crippen LogP contribution in [-0.2, 0) is 4.79 Å². The zero-order valence-corrected chi connectivity index (χ0v) is 19.1. The van der Waals surface area contributed by atoms with Crippen LogP contribution < -0.4 is 14.4 Å². The molecule has 1 amide bonds. The van der Waals surface area contributed by atoms with Gasteiger partial charge in [0.2, 0.25) is 5.91 Å².